The molecule has 2 aromatic carbocycles. The highest BCUT2D eigenvalue weighted by Crippen LogP contribution is 2.27. The fourth-order valence-corrected chi connectivity index (χ4v) is 3.51. The van der Waals surface area contributed by atoms with E-state index in [1.165, 1.54) is 0 Å². The summed E-state index contributed by atoms with van der Waals surface area (Å²) in [6, 6.07) is 17.4. The maximum atomic E-state index is 12.8. The zero-order chi connectivity index (χ0) is 19.1. The lowest BCUT2D eigenvalue weighted by Crippen LogP contribution is -2.33. The lowest BCUT2D eigenvalue weighted by atomic mass is 10.2. The molecule has 0 fully saturated rings. The number of nitrogens with zero attached hydrogens (tertiary/aromatic N) is 5. The molecule has 0 bridgehead atoms. The number of hydrogen-bond donors (Lipinski definition) is 1. The summed E-state index contributed by atoms with van der Waals surface area (Å²) in [5.41, 5.74) is 1.61. The average molecular weight is 382 g/mol. The summed E-state index contributed by atoms with van der Waals surface area (Å²) in [6.07, 6.45) is 0. The quantitative estimate of drug-likeness (QED) is 0.602. The number of aromatic nitrogens is 4. The zero-order valence-corrected chi connectivity index (χ0v) is 16.2. The predicted molar refractivity (Wildman–Crippen MR) is 106 cm³/mol. The van der Waals surface area contributed by atoms with Crippen LogP contribution in [0.25, 0.3) is 5.69 Å². The fourth-order valence-electron chi connectivity index (χ4n) is 2.56. The molecule has 3 aromatic rings. The summed E-state index contributed by atoms with van der Waals surface area (Å²) in [4.78, 5) is 15.4. The molecule has 0 aliphatic heterocycles. The Balaban J connectivity index is 1.75. The number of thioether (sulfide) groups is 1. The van der Waals surface area contributed by atoms with Crippen molar-refractivity contribution in [3.63, 3.8) is 0 Å². The molecule has 1 aromatic heterocycles. The van der Waals surface area contributed by atoms with E-state index in [9.17, 15) is 4.79 Å². The molecule has 3 rings (SSSR count). The molecule has 1 heterocycles. The van der Waals surface area contributed by atoms with E-state index in [1.807, 2.05) is 68.7 Å². The third kappa shape index (κ3) is 4.72. The topological polar surface area (TPSA) is 75.9 Å². The standard InChI is InChI=1S/C19H22N6OS/c1-20-12-13-24(2)19(26)16-10-6-7-11-17(16)27-14-18-21-22-23-25(18)15-8-4-3-5-9-15/h3-11,20H,12-14H2,1-2H3. The fraction of sp³-hybridized carbons (Fsp3) is 0.263. The second-order valence-electron chi connectivity index (χ2n) is 5.96. The summed E-state index contributed by atoms with van der Waals surface area (Å²) in [6.45, 7) is 1.41. The third-order valence-corrected chi connectivity index (χ3v) is 5.12. The van der Waals surface area contributed by atoms with Crippen LogP contribution in [0, 0.1) is 0 Å². The van der Waals surface area contributed by atoms with Crippen LogP contribution >= 0.6 is 11.8 Å². The highest BCUT2D eigenvalue weighted by Gasteiger charge is 2.16. The molecule has 7 nitrogen and oxygen atoms in total. The van der Waals surface area contributed by atoms with Crippen molar-refractivity contribution in [1.29, 1.82) is 0 Å². The first-order valence-corrected chi connectivity index (χ1v) is 9.64. The van der Waals surface area contributed by atoms with E-state index >= 15 is 0 Å². The van der Waals surface area contributed by atoms with Crippen molar-refractivity contribution in [3.8, 4) is 5.69 Å². The Morgan fingerprint density at radius 2 is 1.89 bits per heavy atom. The number of tetrazole rings is 1. The monoisotopic (exact) mass is 382 g/mol. The van der Waals surface area contributed by atoms with Gasteiger partial charge in [0.05, 0.1) is 17.0 Å². The lowest BCUT2D eigenvalue weighted by molar-refractivity contribution is 0.0793. The van der Waals surface area contributed by atoms with Gasteiger partial charge in [-0.15, -0.1) is 16.9 Å². The van der Waals surface area contributed by atoms with Crippen molar-refractivity contribution in [2.45, 2.75) is 10.6 Å². The molecule has 0 saturated carbocycles. The van der Waals surface area contributed by atoms with Crippen LogP contribution in [-0.2, 0) is 5.75 Å². The highest BCUT2D eigenvalue weighted by molar-refractivity contribution is 7.98. The highest BCUT2D eigenvalue weighted by atomic mass is 32.2. The van der Waals surface area contributed by atoms with Crippen LogP contribution in [0.1, 0.15) is 16.2 Å². The third-order valence-electron chi connectivity index (χ3n) is 4.05. The number of para-hydroxylation sites is 1. The number of carbonyl (C=O) groups excluding carboxylic acids is 1. The SMILES string of the molecule is CNCCN(C)C(=O)c1ccccc1SCc1nnnn1-c1ccccc1. The summed E-state index contributed by atoms with van der Waals surface area (Å²) < 4.78 is 1.72. The average Bonchev–Trinajstić information content (AvgIpc) is 3.19. The first-order chi connectivity index (χ1) is 13.2. The van der Waals surface area contributed by atoms with Gasteiger partial charge < -0.3 is 10.2 Å². The van der Waals surface area contributed by atoms with Crippen molar-refractivity contribution >= 4 is 17.7 Å². The molecule has 0 unspecified atom stereocenters. The molecule has 1 amide bonds. The molecule has 0 aliphatic carbocycles. The molecule has 0 atom stereocenters. The minimum absolute atomic E-state index is 0.0102. The van der Waals surface area contributed by atoms with Crippen LogP contribution in [0.4, 0.5) is 0 Å². The van der Waals surface area contributed by atoms with Gasteiger partial charge in [-0.3, -0.25) is 4.79 Å². The molecule has 0 saturated heterocycles. The zero-order valence-electron chi connectivity index (χ0n) is 15.4. The van der Waals surface area contributed by atoms with Crippen molar-refractivity contribution in [1.82, 2.24) is 30.4 Å². The molecule has 0 spiro atoms. The summed E-state index contributed by atoms with van der Waals surface area (Å²) in [5.74, 6) is 1.31. The van der Waals surface area contributed by atoms with Crippen molar-refractivity contribution in [3.05, 3.63) is 66.0 Å². The van der Waals surface area contributed by atoms with Crippen LogP contribution in [-0.4, -0.2) is 58.2 Å². The van der Waals surface area contributed by atoms with Crippen LogP contribution < -0.4 is 5.32 Å². The molecule has 0 radical (unpaired) electrons. The Morgan fingerprint density at radius 1 is 1.15 bits per heavy atom. The van der Waals surface area contributed by atoms with E-state index in [2.05, 4.69) is 20.8 Å². The summed E-state index contributed by atoms with van der Waals surface area (Å²) in [5, 5.41) is 15.1. The maximum absolute atomic E-state index is 12.8. The largest absolute Gasteiger partial charge is 0.340 e. The molecule has 1 N–H and O–H groups in total. The molecule has 0 aliphatic rings. The van der Waals surface area contributed by atoms with Gasteiger partial charge in [-0.05, 0) is 41.7 Å². The van der Waals surface area contributed by atoms with Crippen LogP contribution in [0.5, 0.6) is 0 Å². The van der Waals surface area contributed by atoms with Crippen molar-refractivity contribution < 1.29 is 4.79 Å². The van der Waals surface area contributed by atoms with E-state index in [4.69, 9.17) is 0 Å². The minimum atomic E-state index is 0.0102. The Kier molecular flexibility index (Phi) is 6.56. The van der Waals surface area contributed by atoms with Crippen LogP contribution in [0.2, 0.25) is 0 Å². The van der Waals surface area contributed by atoms with Crippen molar-refractivity contribution in [2.75, 3.05) is 27.2 Å². The maximum Gasteiger partial charge on any atom is 0.254 e. The van der Waals surface area contributed by atoms with Gasteiger partial charge in [0.2, 0.25) is 0 Å². The van der Waals surface area contributed by atoms with E-state index in [-0.39, 0.29) is 5.91 Å². The van der Waals surface area contributed by atoms with E-state index in [1.54, 1.807) is 21.3 Å². The van der Waals surface area contributed by atoms with Gasteiger partial charge in [0.25, 0.3) is 5.91 Å². The van der Waals surface area contributed by atoms with Gasteiger partial charge >= 0.3 is 0 Å². The summed E-state index contributed by atoms with van der Waals surface area (Å²) in [7, 11) is 3.69. The van der Waals surface area contributed by atoms with Gasteiger partial charge in [-0.2, -0.15) is 4.68 Å². The molecular formula is C19H22N6OS. The van der Waals surface area contributed by atoms with E-state index < -0.39 is 0 Å². The first kappa shape index (κ1) is 19.1. The van der Waals surface area contributed by atoms with Gasteiger partial charge in [0, 0.05) is 25.0 Å². The Labute approximate surface area is 162 Å². The van der Waals surface area contributed by atoms with Gasteiger partial charge in [0.15, 0.2) is 5.82 Å². The van der Waals surface area contributed by atoms with E-state index in [0.29, 0.717) is 17.9 Å². The molecular weight excluding hydrogens is 360 g/mol. The molecule has 8 heteroatoms. The van der Waals surface area contributed by atoms with Gasteiger partial charge in [-0.1, -0.05) is 30.3 Å². The smallest absolute Gasteiger partial charge is 0.254 e. The summed E-state index contributed by atoms with van der Waals surface area (Å²) >= 11 is 1.56. The second-order valence-corrected chi connectivity index (χ2v) is 6.97. The Hall–Kier alpha value is -2.71. The Bertz CT molecular complexity index is 883. The predicted octanol–water partition coefficient (Wildman–Crippen LogP) is 2.25. The van der Waals surface area contributed by atoms with Crippen LogP contribution in [0.3, 0.4) is 0 Å². The number of likely N-dealkylation sites (N-methyl/N-ethyl adjacent to an activating group) is 2. The number of hydrogen-bond acceptors (Lipinski definition) is 6. The second kappa shape index (κ2) is 9.29. The first-order valence-electron chi connectivity index (χ1n) is 8.65. The Morgan fingerprint density at radius 3 is 2.67 bits per heavy atom. The van der Waals surface area contributed by atoms with Gasteiger partial charge in [0.1, 0.15) is 0 Å². The molecule has 140 valence electrons. The van der Waals surface area contributed by atoms with E-state index in [0.717, 1.165) is 23.0 Å². The van der Waals surface area contributed by atoms with Gasteiger partial charge in [-0.25, -0.2) is 0 Å². The minimum Gasteiger partial charge on any atom is -0.340 e. The number of benzene rings is 2. The number of nitrogens with one attached hydrogen (secondary N) is 1. The lowest BCUT2D eigenvalue weighted by Gasteiger charge is -2.18. The number of amides is 1. The molecule has 27 heavy (non-hydrogen) atoms. The number of carbonyl (C=O) groups is 1. The van der Waals surface area contributed by atoms with Crippen molar-refractivity contribution in [2.24, 2.45) is 0 Å². The van der Waals surface area contributed by atoms with Crippen LogP contribution in [0.15, 0.2) is 59.5 Å². The normalized spacial score (nSPS) is 10.7. The number of rotatable bonds is 8.